The summed E-state index contributed by atoms with van der Waals surface area (Å²) in [5.41, 5.74) is -0.126. The van der Waals surface area contributed by atoms with Gasteiger partial charge in [-0.1, -0.05) is 35.3 Å². The summed E-state index contributed by atoms with van der Waals surface area (Å²) >= 11 is 12.0. The Bertz CT molecular complexity index is 1500. The number of nitrogens with zero attached hydrogens (tertiary/aromatic N) is 1. The van der Waals surface area contributed by atoms with Crippen LogP contribution in [0.25, 0.3) is 0 Å². The molecule has 0 bridgehead atoms. The minimum atomic E-state index is -4.86. The number of amides is 1. The molecule has 1 heterocycles. The van der Waals surface area contributed by atoms with E-state index in [1.54, 1.807) is 6.07 Å². The second-order valence-electron chi connectivity index (χ2n) is 8.26. The van der Waals surface area contributed by atoms with E-state index in [4.69, 9.17) is 23.2 Å². The van der Waals surface area contributed by atoms with Crippen LogP contribution in [-0.4, -0.2) is 25.2 Å². The number of rotatable bonds is 5. The van der Waals surface area contributed by atoms with Crippen LogP contribution in [0.1, 0.15) is 22.3 Å². The van der Waals surface area contributed by atoms with Crippen LogP contribution in [-0.2, 0) is 40.4 Å². The van der Waals surface area contributed by atoms with Crippen LogP contribution in [0, 0.1) is 11.6 Å². The molecular weight excluding hydrogens is 562 g/mol. The quantitative estimate of drug-likeness (QED) is 0.365. The molecule has 1 N–H and O–H groups in total. The summed E-state index contributed by atoms with van der Waals surface area (Å²) in [5, 5.41) is 2.80. The highest BCUT2D eigenvalue weighted by Gasteiger charge is 2.34. The third-order valence-electron chi connectivity index (χ3n) is 5.80. The maximum atomic E-state index is 14.3. The van der Waals surface area contributed by atoms with Crippen molar-refractivity contribution in [3.63, 3.8) is 0 Å². The van der Waals surface area contributed by atoms with Gasteiger partial charge in [-0.05, 0) is 59.5 Å². The first-order chi connectivity index (χ1) is 17.3. The van der Waals surface area contributed by atoms with Crippen LogP contribution in [0.15, 0.2) is 53.4 Å². The Kier molecular flexibility index (Phi) is 7.53. The first-order valence-electron chi connectivity index (χ1n) is 10.7. The van der Waals surface area contributed by atoms with E-state index in [1.165, 1.54) is 12.1 Å². The van der Waals surface area contributed by atoms with E-state index in [0.29, 0.717) is 23.3 Å². The molecule has 0 radical (unpaired) electrons. The van der Waals surface area contributed by atoms with Crippen molar-refractivity contribution >= 4 is 44.8 Å². The minimum Gasteiger partial charge on any atom is -0.324 e. The largest absolute Gasteiger partial charge is 0.419 e. The molecule has 0 saturated carbocycles. The van der Waals surface area contributed by atoms with Crippen molar-refractivity contribution in [2.24, 2.45) is 0 Å². The van der Waals surface area contributed by atoms with Gasteiger partial charge in [0.1, 0.15) is 16.5 Å². The third kappa shape index (κ3) is 5.74. The fourth-order valence-electron chi connectivity index (χ4n) is 4.03. The topological polar surface area (TPSA) is 66.5 Å². The number of nitrogens with one attached hydrogen (secondary N) is 1. The average Bonchev–Trinajstić information content (AvgIpc) is 2.79. The van der Waals surface area contributed by atoms with Gasteiger partial charge in [0.2, 0.25) is 15.9 Å². The Hall–Kier alpha value is -2.73. The van der Waals surface area contributed by atoms with Crippen molar-refractivity contribution in [1.29, 1.82) is 0 Å². The first kappa shape index (κ1) is 27.3. The lowest BCUT2D eigenvalue weighted by Gasteiger charge is -2.30. The molecule has 4 rings (SSSR count). The van der Waals surface area contributed by atoms with Gasteiger partial charge in [0.15, 0.2) is 0 Å². The molecular formula is C24H17Cl2F5N2O3S. The smallest absolute Gasteiger partial charge is 0.324 e. The van der Waals surface area contributed by atoms with Crippen LogP contribution < -0.4 is 5.32 Å². The van der Waals surface area contributed by atoms with Gasteiger partial charge in [0.25, 0.3) is 0 Å². The van der Waals surface area contributed by atoms with E-state index in [0.717, 1.165) is 22.5 Å². The number of fused-ring (bicyclic) bond motifs is 1. The summed E-state index contributed by atoms with van der Waals surface area (Å²) in [5.74, 6) is -3.14. The van der Waals surface area contributed by atoms with Gasteiger partial charge < -0.3 is 5.32 Å². The van der Waals surface area contributed by atoms with E-state index in [-0.39, 0.29) is 40.8 Å². The maximum absolute atomic E-state index is 14.3. The zero-order chi connectivity index (χ0) is 27.1. The van der Waals surface area contributed by atoms with Crippen molar-refractivity contribution in [1.82, 2.24) is 4.31 Å². The molecule has 13 heteroatoms. The Labute approximate surface area is 218 Å². The lowest BCUT2D eigenvalue weighted by molar-refractivity contribution is -0.140. The molecule has 0 unspecified atom stereocenters. The fourth-order valence-corrected chi connectivity index (χ4v) is 5.88. The number of hydrogen-bond acceptors (Lipinski definition) is 3. The Balaban J connectivity index is 1.54. The molecule has 3 aromatic rings. The van der Waals surface area contributed by atoms with Gasteiger partial charge in [-0.15, -0.1) is 0 Å². The molecule has 5 nitrogen and oxygen atoms in total. The summed E-state index contributed by atoms with van der Waals surface area (Å²) in [4.78, 5) is 12.1. The normalized spacial score (nSPS) is 14.4. The highest BCUT2D eigenvalue weighted by atomic mass is 35.5. The molecule has 1 aliphatic rings. The van der Waals surface area contributed by atoms with Crippen molar-refractivity contribution in [3.05, 3.63) is 92.5 Å². The standard InChI is InChI=1S/C24H17Cl2F5N2O3S/c25-15-3-6-21(20(28)11-15)37(35,36)33-8-7-16-14(12-33)2-5-18(26)23(16)32-22(34)10-13-1-4-17(19(27)9-13)24(29,30)31/h1-6,9,11H,7-8,10,12H2,(H,32,34). The van der Waals surface area contributed by atoms with E-state index in [2.05, 4.69) is 5.32 Å². The van der Waals surface area contributed by atoms with Gasteiger partial charge in [-0.2, -0.15) is 17.5 Å². The lowest BCUT2D eigenvalue weighted by Crippen LogP contribution is -2.36. The van der Waals surface area contributed by atoms with Gasteiger partial charge in [0.05, 0.1) is 22.7 Å². The van der Waals surface area contributed by atoms with Gasteiger partial charge in [-0.25, -0.2) is 17.2 Å². The minimum absolute atomic E-state index is 0.0196. The lowest BCUT2D eigenvalue weighted by atomic mass is 9.98. The van der Waals surface area contributed by atoms with Crippen LogP contribution >= 0.6 is 23.2 Å². The Morgan fingerprint density at radius 3 is 2.38 bits per heavy atom. The number of sulfonamides is 1. The number of carbonyl (C=O) groups excluding carboxylic acids is 1. The molecule has 0 fully saturated rings. The molecule has 0 aromatic heterocycles. The highest BCUT2D eigenvalue weighted by molar-refractivity contribution is 7.89. The third-order valence-corrected chi connectivity index (χ3v) is 8.23. The maximum Gasteiger partial charge on any atom is 0.419 e. The molecule has 0 spiro atoms. The Morgan fingerprint density at radius 2 is 1.73 bits per heavy atom. The van der Waals surface area contributed by atoms with E-state index in [9.17, 15) is 35.2 Å². The number of hydrogen-bond donors (Lipinski definition) is 1. The summed E-state index contributed by atoms with van der Waals surface area (Å²) in [6.07, 6.45) is -5.15. The van der Waals surface area contributed by atoms with Gasteiger partial charge in [0, 0.05) is 18.1 Å². The molecule has 37 heavy (non-hydrogen) atoms. The van der Waals surface area contributed by atoms with Gasteiger partial charge in [-0.3, -0.25) is 4.79 Å². The van der Waals surface area contributed by atoms with E-state index < -0.39 is 50.6 Å². The molecule has 0 saturated heterocycles. The van der Waals surface area contributed by atoms with Crippen LogP contribution in [0.3, 0.4) is 0 Å². The van der Waals surface area contributed by atoms with Crippen LogP contribution in [0.2, 0.25) is 10.0 Å². The van der Waals surface area contributed by atoms with Crippen molar-refractivity contribution in [3.8, 4) is 0 Å². The molecule has 196 valence electrons. The predicted molar refractivity (Wildman–Crippen MR) is 128 cm³/mol. The van der Waals surface area contributed by atoms with Crippen molar-refractivity contribution in [2.75, 3.05) is 11.9 Å². The summed E-state index contributed by atoms with van der Waals surface area (Å²) < 4.78 is 93.6. The monoisotopic (exact) mass is 578 g/mol. The summed E-state index contributed by atoms with van der Waals surface area (Å²) in [6, 6.07) is 8.50. The molecule has 1 amide bonds. The number of anilines is 1. The second-order valence-corrected chi connectivity index (χ2v) is 11.0. The van der Waals surface area contributed by atoms with Crippen molar-refractivity contribution in [2.45, 2.75) is 30.5 Å². The average molecular weight is 579 g/mol. The first-order valence-corrected chi connectivity index (χ1v) is 12.9. The number of alkyl halides is 3. The Morgan fingerprint density at radius 1 is 1.00 bits per heavy atom. The van der Waals surface area contributed by atoms with Gasteiger partial charge >= 0.3 is 6.18 Å². The number of benzene rings is 3. The molecule has 0 aliphatic carbocycles. The number of halogens is 7. The second kappa shape index (κ2) is 10.2. The zero-order valence-electron chi connectivity index (χ0n) is 18.7. The molecule has 3 aromatic carbocycles. The van der Waals surface area contributed by atoms with E-state index >= 15 is 0 Å². The highest BCUT2D eigenvalue weighted by Crippen LogP contribution is 2.35. The fraction of sp³-hybridized carbons (Fsp3) is 0.208. The van der Waals surface area contributed by atoms with E-state index in [1.807, 2.05) is 0 Å². The van der Waals surface area contributed by atoms with Crippen LogP contribution in [0.5, 0.6) is 0 Å². The summed E-state index contributed by atoms with van der Waals surface area (Å²) in [6.45, 7) is -0.158. The zero-order valence-corrected chi connectivity index (χ0v) is 21.0. The predicted octanol–water partition coefficient (Wildman–Crippen LogP) is 6.22. The molecule has 1 aliphatic heterocycles. The SMILES string of the molecule is O=C(Cc1ccc(C(F)(F)F)c(F)c1)Nc1c(Cl)ccc2c1CCN(S(=O)(=O)c1ccc(Cl)cc1F)C2. The number of carbonyl (C=O) groups is 1. The summed E-state index contributed by atoms with van der Waals surface area (Å²) in [7, 11) is -4.19. The van der Waals surface area contributed by atoms with Crippen LogP contribution in [0.4, 0.5) is 27.6 Å². The molecule has 0 atom stereocenters. The van der Waals surface area contributed by atoms with Crippen molar-refractivity contribution < 1.29 is 35.2 Å².